The number of carbonyl (C=O) groups is 1. The summed E-state index contributed by atoms with van der Waals surface area (Å²) in [7, 11) is 1.59. The van der Waals surface area contributed by atoms with E-state index in [9.17, 15) is 14.0 Å². The molecule has 0 aliphatic heterocycles. The molecule has 0 atom stereocenters. The molecule has 0 bridgehead atoms. The van der Waals surface area contributed by atoms with Crippen molar-refractivity contribution in [3.8, 4) is 0 Å². The number of hydrogen-bond donors (Lipinski definition) is 0. The Morgan fingerprint density at radius 1 is 1.23 bits per heavy atom. The number of carbonyl (C=O) groups excluding carboxylic acids is 1. The molecular weight excluding hydrogens is 357 g/mol. The monoisotopic (exact) mass is 373 g/mol. The highest BCUT2D eigenvalue weighted by Gasteiger charge is 2.21. The normalized spacial score (nSPS) is 10.9. The van der Waals surface area contributed by atoms with Crippen LogP contribution in [0.15, 0.2) is 47.3 Å². The molecule has 0 saturated heterocycles. The van der Waals surface area contributed by atoms with E-state index in [4.69, 9.17) is 11.6 Å². The topological polar surface area (TPSA) is 55.2 Å². The fraction of sp³-hybridized carbons (Fsp3) is 0.211. The lowest BCUT2D eigenvalue weighted by Gasteiger charge is -2.18. The smallest absolute Gasteiger partial charge is 0.278 e. The van der Waals surface area contributed by atoms with Gasteiger partial charge in [0.25, 0.3) is 5.91 Å². The van der Waals surface area contributed by atoms with E-state index in [1.165, 1.54) is 21.7 Å². The first-order valence-corrected chi connectivity index (χ1v) is 8.48. The number of halogens is 2. The van der Waals surface area contributed by atoms with Crippen LogP contribution in [0.1, 0.15) is 23.0 Å². The van der Waals surface area contributed by atoms with Crippen molar-refractivity contribution in [1.29, 1.82) is 0 Å². The molecule has 5 nitrogen and oxygen atoms in total. The molecular formula is C19H17ClFN3O2. The number of nitrogens with zero attached hydrogens (tertiary/aromatic N) is 3. The number of aryl methyl sites for hydroxylation is 1. The van der Waals surface area contributed by atoms with Gasteiger partial charge in [-0.3, -0.25) is 14.3 Å². The van der Waals surface area contributed by atoms with Crippen LogP contribution in [0.5, 0.6) is 0 Å². The lowest BCUT2D eigenvalue weighted by atomic mass is 10.1. The van der Waals surface area contributed by atoms with Crippen LogP contribution in [0, 0.1) is 5.82 Å². The lowest BCUT2D eigenvalue weighted by Crippen LogP contribution is -2.33. The maximum atomic E-state index is 13.6. The third kappa shape index (κ3) is 3.46. The van der Waals surface area contributed by atoms with Crippen LogP contribution >= 0.6 is 11.6 Å². The summed E-state index contributed by atoms with van der Waals surface area (Å²) in [5.74, 6) is -1.05. The lowest BCUT2D eigenvalue weighted by molar-refractivity contribution is 0.0775. The number of hydrogen-bond acceptors (Lipinski definition) is 3. The molecule has 0 unspecified atom stereocenters. The van der Waals surface area contributed by atoms with E-state index >= 15 is 0 Å². The summed E-state index contributed by atoms with van der Waals surface area (Å²) in [5, 5.41) is 4.94. The number of rotatable bonds is 4. The van der Waals surface area contributed by atoms with E-state index < -0.39 is 17.2 Å². The van der Waals surface area contributed by atoms with Gasteiger partial charge in [0, 0.05) is 25.2 Å². The van der Waals surface area contributed by atoms with Gasteiger partial charge >= 0.3 is 0 Å². The fourth-order valence-electron chi connectivity index (χ4n) is 2.76. The molecule has 26 heavy (non-hydrogen) atoms. The van der Waals surface area contributed by atoms with E-state index in [1.807, 2.05) is 6.92 Å². The second-order valence-electron chi connectivity index (χ2n) is 5.94. The van der Waals surface area contributed by atoms with Gasteiger partial charge in [-0.25, -0.2) is 4.39 Å². The quantitative estimate of drug-likeness (QED) is 0.703. The van der Waals surface area contributed by atoms with Crippen molar-refractivity contribution in [2.24, 2.45) is 0 Å². The second kappa shape index (κ2) is 7.25. The molecule has 1 amide bonds. The minimum absolute atomic E-state index is 0.144. The molecule has 3 aromatic rings. The zero-order valence-electron chi connectivity index (χ0n) is 14.4. The van der Waals surface area contributed by atoms with Crippen LogP contribution < -0.4 is 5.43 Å². The van der Waals surface area contributed by atoms with Gasteiger partial charge in [-0.05, 0) is 42.8 Å². The van der Waals surface area contributed by atoms with Gasteiger partial charge in [0.2, 0.25) is 5.43 Å². The Labute approximate surface area is 154 Å². The van der Waals surface area contributed by atoms with E-state index in [-0.39, 0.29) is 11.1 Å². The number of fused-ring (bicyclic) bond motifs is 1. The Balaban J connectivity index is 2.00. The van der Waals surface area contributed by atoms with Crippen molar-refractivity contribution in [2.45, 2.75) is 20.0 Å². The molecule has 0 N–H and O–H groups in total. The molecule has 1 aromatic heterocycles. The largest absolute Gasteiger partial charge is 0.336 e. The summed E-state index contributed by atoms with van der Waals surface area (Å²) in [5.41, 5.74) is 0.572. The van der Waals surface area contributed by atoms with Crippen molar-refractivity contribution in [3.05, 3.63) is 74.8 Å². The van der Waals surface area contributed by atoms with Gasteiger partial charge < -0.3 is 4.90 Å². The average molecular weight is 374 g/mol. The Hall–Kier alpha value is -2.73. The summed E-state index contributed by atoms with van der Waals surface area (Å²) >= 11 is 5.86. The fourth-order valence-corrected chi connectivity index (χ4v) is 2.89. The Morgan fingerprint density at radius 2 is 1.92 bits per heavy atom. The molecule has 7 heteroatoms. The highest BCUT2D eigenvalue weighted by Crippen LogP contribution is 2.14. The molecule has 0 saturated carbocycles. The highest BCUT2D eigenvalue weighted by atomic mass is 35.5. The standard InChI is InChI=1S/C19H17ClFN3O2/c1-3-24-16-9-8-14(21)10-15(16)18(25)17(22-24)19(26)23(2)11-12-4-6-13(20)7-5-12/h4-10H,3,11H2,1-2H3. The van der Waals surface area contributed by atoms with Crippen LogP contribution in [0.2, 0.25) is 5.02 Å². The van der Waals surface area contributed by atoms with E-state index in [0.29, 0.717) is 23.6 Å². The predicted octanol–water partition coefficient (Wildman–Crippen LogP) is 3.48. The van der Waals surface area contributed by atoms with E-state index in [2.05, 4.69) is 5.10 Å². The number of amides is 1. The Bertz CT molecular complexity index is 1030. The van der Waals surface area contributed by atoms with E-state index in [0.717, 1.165) is 11.6 Å². The van der Waals surface area contributed by atoms with Crippen LogP contribution in [-0.2, 0) is 13.1 Å². The van der Waals surface area contributed by atoms with E-state index in [1.54, 1.807) is 31.3 Å². The van der Waals surface area contributed by atoms with Crippen molar-refractivity contribution < 1.29 is 9.18 Å². The minimum atomic E-state index is -0.572. The Morgan fingerprint density at radius 3 is 2.58 bits per heavy atom. The SMILES string of the molecule is CCn1nc(C(=O)N(C)Cc2ccc(Cl)cc2)c(=O)c2cc(F)ccc21. The van der Waals surface area contributed by atoms with Crippen molar-refractivity contribution >= 4 is 28.4 Å². The average Bonchev–Trinajstić information content (AvgIpc) is 2.63. The molecule has 0 radical (unpaired) electrons. The first-order chi connectivity index (χ1) is 12.4. The molecule has 0 aliphatic carbocycles. The zero-order chi connectivity index (χ0) is 18.8. The molecule has 0 aliphatic rings. The minimum Gasteiger partial charge on any atom is -0.336 e. The van der Waals surface area contributed by atoms with Crippen molar-refractivity contribution in [2.75, 3.05) is 7.05 Å². The van der Waals surface area contributed by atoms with Crippen LogP contribution in [0.3, 0.4) is 0 Å². The summed E-state index contributed by atoms with van der Waals surface area (Å²) < 4.78 is 15.1. The number of aromatic nitrogens is 2. The van der Waals surface area contributed by atoms with Gasteiger partial charge in [0.05, 0.1) is 10.9 Å². The van der Waals surface area contributed by atoms with Gasteiger partial charge in [0.1, 0.15) is 5.82 Å². The summed E-state index contributed by atoms with van der Waals surface area (Å²) in [6.07, 6.45) is 0. The molecule has 134 valence electrons. The van der Waals surface area contributed by atoms with Crippen LogP contribution in [0.25, 0.3) is 10.9 Å². The molecule has 3 rings (SSSR count). The maximum absolute atomic E-state index is 13.6. The Kier molecular flexibility index (Phi) is 5.04. The maximum Gasteiger partial charge on any atom is 0.278 e. The summed E-state index contributed by atoms with van der Waals surface area (Å²) in [6.45, 7) is 2.58. The molecule has 1 heterocycles. The highest BCUT2D eigenvalue weighted by molar-refractivity contribution is 6.30. The third-order valence-electron chi connectivity index (χ3n) is 4.10. The second-order valence-corrected chi connectivity index (χ2v) is 6.38. The van der Waals surface area contributed by atoms with Crippen molar-refractivity contribution in [1.82, 2.24) is 14.7 Å². The summed E-state index contributed by atoms with van der Waals surface area (Å²) in [6, 6.07) is 11.0. The summed E-state index contributed by atoms with van der Waals surface area (Å²) in [4.78, 5) is 26.8. The number of benzene rings is 2. The van der Waals surface area contributed by atoms with Gasteiger partial charge in [-0.2, -0.15) is 5.10 Å². The first-order valence-electron chi connectivity index (χ1n) is 8.11. The first kappa shape index (κ1) is 18.1. The van der Waals surface area contributed by atoms with Gasteiger partial charge in [-0.15, -0.1) is 0 Å². The van der Waals surface area contributed by atoms with Crippen molar-refractivity contribution in [3.63, 3.8) is 0 Å². The van der Waals surface area contributed by atoms with Gasteiger partial charge in [0.15, 0.2) is 5.69 Å². The molecule has 0 fully saturated rings. The molecule has 2 aromatic carbocycles. The molecule has 0 spiro atoms. The van der Waals surface area contributed by atoms with Gasteiger partial charge in [-0.1, -0.05) is 23.7 Å². The third-order valence-corrected chi connectivity index (χ3v) is 4.35. The zero-order valence-corrected chi connectivity index (χ0v) is 15.1. The van der Waals surface area contributed by atoms with Crippen LogP contribution in [0.4, 0.5) is 4.39 Å². The van der Waals surface area contributed by atoms with Crippen LogP contribution in [-0.4, -0.2) is 27.6 Å². The predicted molar refractivity (Wildman–Crippen MR) is 98.9 cm³/mol.